The summed E-state index contributed by atoms with van der Waals surface area (Å²) >= 11 is 3.28. The lowest BCUT2D eigenvalue weighted by Gasteiger charge is -2.03. The quantitative estimate of drug-likeness (QED) is 0.525. The van der Waals surface area contributed by atoms with Gasteiger partial charge >= 0.3 is 0 Å². The summed E-state index contributed by atoms with van der Waals surface area (Å²) in [5.41, 5.74) is 1.52. The molecular formula is C11H7BrO3. The molecule has 0 amide bonds. The van der Waals surface area contributed by atoms with E-state index in [1.807, 2.05) is 0 Å². The highest BCUT2D eigenvalue weighted by Crippen LogP contribution is 2.20. The minimum atomic E-state index is -0.873. The number of rotatable bonds is 0. The number of hydrogen-bond acceptors (Lipinski definition) is 3. The molecule has 2 rings (SSSR count). The second-order valence-corrected chi connectivity index (χ2v) is 4.36. The zero-order chi connectivity index (χ0) is 11.0. The monoisotopic (exact) mass is 266 g/mol. The fourth-order valence-corrected chi connectivity index (χ4v) is 2.00. The third-order valence-corrected chi connectivity index (χ3v) is 2.87. The highest BCUT2D eigenvalue weighted by Gasteiger charge is 2.27. The molecule has 0 unspecified atom stereocenters. The van der Waals surface area contributed by atoms with E-state index in [-0.39, 0.29) is 12.8 Å². The summed E-state index contributed by atoms with van der Waals surface area (Å²) in [5.74, 6) is -2.10. The zero-order valence-corrected chi connectivity index (χ0v) is 9.33. The van der Waals surface area contributed by atoms with Crippen molar-refractivity contribution in [1.29, 1.82) is 0 Å². The average Bonchev–Trinajstić information content (AvgIpc) is 2.29. The molecule has 1 aromatic carbocycles. The van der Waals surface area contributed by atoms with Gasteiger partial charge in [0.15, 0.2) is 0 Å². The van der Waals surface area contributed by atoms with Gasteiger partial charge in [-0.2, -0.15) is 0 Å². The first-order valence-electron chi connectivity index (χ1n) is 4.45. The van der Waals surface area contributed by atoms with Crippen molar-refractivity contribution in [1.82, 2.24) is 0 Å². The number of benzene rings is 1. The molecule has 0 fully saturated rings. The van der Waals surface area contributed by atoms with E-state index >= 15 is 0 Å². The van der Waals surface area contributed by atoms with Crippen LogP contribution in [0.4, 0.5) is 0 Å². The zero-order valence-electron chi connectivity index (χ0n) is 7.75. The van der Waals surface area contributed by atoms with E-state index in [0.717, 1.165) is 15.6 Å². The van der Waals surface area contributed by atoms with E-state index in [2.05, 4.69) is 15.9 Å². The number of ketones is 3. The molecule has 0 spiro atoms. The smallest absolute Gasteiger partial charge is 0.264 e. The number of Topliss-reactive ketones (excluding diaryl/α,β-unsaturated/α-hetero) is 3. The molecule has 0 saturated heterocycles. The maximum Gasteiger partial charge on any atom is 0.264 e. The minimum absolute atomic E-state index is 0.0271. The van der Waals surface area contributed by atoms with Crippen LogP contribution in [-0.4, -0.2) is 17.3 Å². The second kappa shape index (κ2) is 3.70. The van der Waals surface area contributed by atoms with Gasteiger partial charge in [0.1, 0.15) is 0 Å². The van der Waals surface area contributed by atoms with Crippen molar-refractivity contribution < 1.29 is 14.4 Å². The van der Waals surface area contributed by atoms with Gasteiger partial charge in [-0.25, -0.2) is 0 Å². The topological polar surface area (TPSA) is 51.2 Å². The van der Waals surface area contributed by atoms with Crippen LogP contribution in [-0.2, 0) is 27.2 Å². The van der Waals surface area contributed by atoms with Gasteiger partial charge in [-0.15, -0.1) is 0 Å². The number of fused-ring (bicyclic) bond motifs is 1. The maximum atomic E-state index is 11.3. The first kappa shape index (κ1) is 10.2. The fourth-order valence-electron chi connectivity index (χ4n) is 1.59. The highest BCUT2D eigenvalue weighted by atomic mass is 79.9. The summed E-state index contributed by atoms with van der Waals surface area (Å²) in [7, 11) is 0. The van der Waals surface area contributed by atoms with Crippen molar-refractivity contribution in [2.24, 2.45) is 0 Å². The largest absolute Gasteiger partial charge is 0.290 e. The molecule has 1 aromatic rings. The van der Waals surface area contributed by atoms with Crippen molar-refractivity contribution in [2.75, 3.05) is 0 Å². The third kappa shape index (κ3) is 1.90. The molecule has 0 N–H and O–H groups in total. The van der Waals surface area contributed by atoms with E-state index in [9.17, 15) is 14.4 Å². The molecule has 3 nitrogen and oxygen atoms in total. The van der Waals surface area contributed by atoms with Gasteiger partial charge in [0.05, 0.1) is 0 Å². The fraction of sp³-hybridized carbons (Fsp3) is 0.182. The standard InChI is InChI=1S/C11H7BrO3/c12-8-2-1-6-4-9(13)11(15)10(14)5-7(6)3-8/h1-3H,4-5H2. The van der Waals surface area contributed by atoms with Crippen molar-refractivity contribution in [3.05, 3.63) is 33.8 Å². The molecule has 4 heteroatoms. The van der Waals surface area contributed by atoms with Crippen LogP contribution < -0.4 is 0 Å². The lowest BCUT2D eigenvalue weighted by atomic mass is 10.0. The lowest BCUT2D eigenvalue weighted by molar-refractivity contribution is -0.143. The van der Waals surface area contributed by atoms with Crippen LogP contribution in [0.3, 0.4) is 0 Å². The molecule has 0 atom stereocenters. The number of halogens is 1. The first-order valence-corrected chi connectivity index (χ1v) is 5.25. The normalized spacial score (nSPS) is 16.2. The van der Waals surface area contributed by atoms with Crippen LogP contribution in [0.5, 0.6) is 0 Å². The molecule has 76 valence electrons. The van der Waals surface area contributed by atoms with Crippen molar-refractivity contribution in [3.8, 4) is 0 Å². The summed E-state index contributed by atoms with van der Waals surface area (Å²) in [6, 6.07) is 5.34. The molecule has 0 aromatic heterocycles. The summed E-state index contributed by atoms with van der Waals surface area (Å²) in [4.78, 5) is 33.8. The minimum Gasteiger partial charge on any atom is -0.290 e. The van der Waals surface area contributed by atoms with Gasteiger partial charge in [0.2, 0.25) is 11.6 Å². The Hall–Kier alpha value is -1.29. The van der Waals surface area contributed by atoms with Crippen molar-refractivity contribution in [3.63, 3.8) is 0 Å². The molecule has 0 radical (unpaired) electrons. The predicted octanol–water partition coefficient (Wildman–Crippen LogP) is 1.25. The van der Waals surface area contributed by atoms with E-state index in [1.165, 1.54) is 0 Å². The molecular weight excluding hydrogens is 260 g/mol. The van der Waals surface area contributed by atoms with E-state index < -0.39 is 17.3 Å². The van der Waals surface area contributed by atoms with Crippen LogP contribution in [0, 0.1) is 0 Å². The van der Waals surface area contributed by atoms with Crippen LogP contribution in [0.1, 0.15) is 11.1 Å². The van der Waals surface area contributed by atoms with Crippen LogP contribution in [0.15, 0.2) is 22.7 Å². The Morgan fingerprint density at radius 2 is 1.53 bits per heavy atom. The molecule has 1 aliphatic carbocycles. The molecule has 1 aliphatic rings. The van der Waals surface area contributed by atoms with Gasteiger partial charge in [0, 0.05) is 17.3 Å². The Morgan fingerprint density at radius 3 is 2.20 bits per heavy atom. The number of carbonyl (C=O) groups excluding carboxylic acids is 3. The van der Waals surface area contributed by atoms with Gasteiger partial charge < -0.3 is 0 Å². The SMILES string of the molecule is O=C1Cc2ccc(Br)cc2CC(=O)C1=O. The van der Waals surface area contributed by atoms with Gasteiger partial charge in [0.25, 0.3) is 5.78 Å². The van der Waals surface area contributed by atoms with Crippen molar-refractivity contribution in [2.45, 2.75) is 12.8 Å². The lowest BCUT2D eigenvalue weighted by Crippen LogP contribution is -2.23. The Balaban J connectivity index is 2.51. The van der Waals surface area contributed by atoms with Crippen LogP contribution in [0.25, 0.3) is 0 Å². The first-order chi connectivity index (χ1) is 7.08. The van der Waals surface area contributed by atoms with Crippen LogP contribution >= 0.6 is 15.9 Å². The highest BCUT2D eigenvalue weighted by molar-refractivity contribution is 9.10. The van der Waals surface area contributed by atoms with Gasteiger partial charge in [-0.3, -0.25) is 14.4 Å². The summed E-state index contributed by atoms with van der Waals surface area (Å²) in [6.07, 6.45) is 0.0620. The summed E-state index contributed by atoms with van der Waals surface area (Å²) < 4.78 is 0.843. The Bertz CT molecular complexity index is 477. The van der Waals surface area contributed by atoms with Crippen LogP contribution in [0.2, 0.25) is 0 Å². The average molecular weight is 267 g/mol. The Morgan fingerprint density at radius 1 is 0.933 bits per heavy atom. The van der Waals surface area contributed by atoms with E-state index in [4.69, 9.17) is 0 Å². The van der Waals surface area contributed by atoms with Gasteiger partial charge in [-0.05, 0) is 23.3 Å². The molecule has 15 heavy (non-hydrogen) atoms. The number of carbonyl (C=O) groups is 3. The Kier molecular flexibility index (Phi) is 2.52. The summed E-state index contributed by atoms with van der Waals surface area (Å²) in [6.45, 7) is 0. The second-order valence-electron chi connectivity index (χ2n) is 3.44. The number of hydrogen-bond donors (Lipinski definition) is 0. The molecule has 0 heterocycles. The molecule has 0 aliphatic heterocycles. The van der Waals surface area contributed by atoms with Crippen molar-refractivity contribution >= 4 is 33.3 Å². The predicted molar refractivity (Wildman–Crippen MR) is 56.6 cm³/mol. The molecule has 0 bridgehead atoms. The third-order valence-electron chi connectivity index (χ3n) is 2.38. The van der Waals surface area contributed by atoms with E-state index in [1.54, 1.807) is 18.2 Å². The summed E-state index contributed by atoms with van der Waals surface area (Å²) in [5, 5.41) is 0. The maximum absolute atomic E-state index is 11.3. The van der Waals surface area contributed by atoms with Gasteiger partial charge in [-0.1, -0.05) is 22.0 Å². The molecule has 0 saturated carbocycles. The Labute approximate surface area is 94.6 Å². The van der Waals surface area contributed by atoms with E-state index in [0.29, 0.717) is 0 Å².